The van der Waals surface area contributed by atoms with Crippen LogP contribution in [0.1, 0.15) is 39.9 Å². The zero-order chi connectivity index (χ0) is 27.1. The van der Waals surface area contributed by atoms with E-state index in [1.54, 1.807) is 10.9 Å². The molecule has 1 atom stereocenters. The number of aromatic amines is 1. The smallest absolute Gasteiger partial charge is 0.253 e. The maximum absolute atomic E-state index is 13.6. The molecular formula is C29H30ClN7O2. The number of halogens is 1. The number of rotatable bonds is 6. The largest absolute Gasteiger partial charge is 0.467 e. The van der Waals surface area contributed by atoms with Gasteiger partial charge in [-0.3, -0.25) is 9.69 Å². The standard InChI is InChI=1S/C29H30ClN7O2/c1-18-6-7-22(30)16-26(18)35-8-10-36(11-9-35)27(28-32-33-34-37(28)17-23-5-4-12-39-23)24-15-21-13-19(2)20(3)14-25(21)31-29(24)38/h4-7,12-16,27H,8-11,17H2,1-3H3,(H,31,38)/t27-/m0/s1. The molecular weight excluding hydrogens is 514 g/mol. The van der Waals surface area contributed by atoms with Crippen molar-refractivity contribution in [2.45, 2.75) is 33.4 Å². The van der Waals surface area contributed by atoms with Gasteiger partial charge in [-0.15, -0.1) is 5.10 Å². The van der Waals surface area contributed by atoms with Crippen LogP contribution in [0.2, 0.25) is 5.02 Å². The van der Waals surface area contributed by atoms with Crippen LogP contribution in [-0.4, -0.2) is 56.3 Å². The number of aryl methyl sites for hydroxylation is 3. The molecule has 0 amide bonds. The van der Waals surface area contributed by atoms with E-state index in [9.17, 15) is 4.79 Å². The molecule has 1 aliphatic rings. The van der Waals surface area contributed by atoms with Gasteiger partial charge in [-0.1, -0.05) is 17.7 Å². The fraction of sp³-hybridized carbons (Fsp3) is 0.310. The molecule has 39 heavy (non-hydrogen) atoms. The van der Waals surface area contributed by atoms with Crippen LogP contribution < -0.4 is 10.5 Å². The number of hydrogen-bond donors (Lipinski definition) is 1. The summed E-state index contributed by atoms with van der Waals surface area (Å²) in [6.07, 6.45) is 1.63. The molecule has 1 N–H and O–H groups in total. The summed E-state index contributed by atoms with van der Waals surface area (Å²) in [7, 11) is 0. The molecule has 5 aromatic rings. The second-order valence-electron chi connectivity index (χ2n) is 10.2. The summed E-state index contributed by atoms with van der Waals surface area (Å²) in [4.78, 5) is 21.4. The molecule has 0 spiro atoms. The number of tetrazole rings is 1. The lowest BCUT2D eigenvalue weighted by molar-refractivity contribution is 0.200. The van der Waals surface area contributed by atoms with Gasteiger partial charge in [0.25, 0.3) is 5.56 Å². The molecule has 0 radical (unpaired) electrons. The summed E-state index contributed by atoms with van der Waals surface area (Å²) >= 11 is 6.32. The molecule has 0 saturated carbocycles. The van der Waals surface area contributed by atoms with Crippen LogP contribution in [0.25, 0.3) is 10.9 Å². The number of anilines is 1. The SMILES string of the molecule is Cc1cc2cc([C@@H](c3nnnn3Cc3ccco3)N3CCN(c4cc(Cl)ccc4C)CC3)c(=O)[nH]c2cc1C. The molecule has 0 aliphatic carbocycles. The fourth-order valence-electron chi connectivity index (χ4n) is 5.41. The lowest BCUT2D eigenvalue weighted by Crippen LogP contribution is -2.49. The van der Waals surface area contributed by atoms with Gasteiger partial charge in [0.05, 0.1) is 6.26 Å². The van der Waals surface area contributed by atoms with Gasteiger partial charge in [-0.05, 0) is 95.7 Å². The lowest BCUT2D eigenvalue weighted by Gasteiger charge is -2.40. The van der Waals surface area contributed by atoms with Crippen molar-refractivity contribution in [3.63, 3.8) is 0 Å². The molecule has 200 valence electrons. The molecule has 1 fully saturated rings. The maximum Gasteiger partial charge on any atom is 0.253 e. The molecule has 10 heteroatoms. The minimum absolute atomic E-state index is 0.142. The van der Waals surface area contributed by atoms with Crippen LogP contribution in [-0.2, 0) is 6.54 Å². The van der Waals surface area contributed by atoms with E-state index in [1.165, 1.54) is 11.1 Å². The Bertz CT molecular complexity index is 1680. The topological polar surface area (TPSA) is 96.1 Å². The summed E-state index contributed by atoms with van der Waals surface area (Å²) < 4.78 is 7.29. The highest BCUT2D eigenvalue weighted by Gasteiger charge is 2.33. The first-order chi connectivity index (χ1) is 18.9. The third-order valence-electron chi connectivity index (χ3n) is 7.66. The Kier molecular flexibility index (Phi) is 6.70. The number of furan rings is 1. The predicted molar refractivity (Wildman–Crippen MR) is 151 cm³/mol. The number of hydrogen-bond acceptors (Lipinski definition) is 7. The van der Waals surface area contributed by atoms with Crippen LogP contribution in [0.3, 0.4) is 0 Å². The number of nitrogens with zero attached hydrogens (tertiary/aromatic N) is 6. The van der Waals surface area contributed by atoms with Gasteiger partial charge in [-0.2, -0.15) is 0 Å². The minimum atomic E-state index is -0.438. The monoisotopic (exact) mass is 543 g/mol. The van der Waals surface area contributed by atoms with E-state index < -0.39 is 6.04 Å². The lowest BCUT2D eigenvalue weighted by atomic mass is 10.00. The first kappa shape index (κ1) is 25.3. The summed E-state index contributed by atoms with van der Waals surface area (Å²) in [6.45, 7) is 9.59. The third kappa shape index (κ3) is 4.95. The Morgan fingerprint density at radius 1 is 1.00 bits per heavy atom. The summed E-state index contributed by atoms with van der Waals surface area (Å²) in [6, 6.07) is 15.4. The van der Waals surface area contributed by atoms with Crippen molar-refractivity contribution in [1.29, 1.82) is 0 Å². The minimum Gasteiger partial charge on any atom is -0.467 e. The molecule has 6 rings (SSSR count). The number of piperazine rings is 1. The van der Waals surface area contributed by atoms with Crippen molar-refractivity contribution in [1.82, 2.24) is 30.1 Å². The molecule has 0 bridgehead atoms. The van der Waals surface area contributed by atoms with E-state index in [2.05, 4.69) is 50.2 Å². The van der Waals surface area contributed by atoms with Gasteiger partial charge >= 0.3 is 0 Å². The van der Waals surface area contributed by atoms with E-state index in [0.29, 0.717) is 31.0 Å². The molecule has 1 aliphatic heterocycles. The van der Waals surface area contributed by atoms with Crippen molar-refractivity contribution in [3.8, 4) is 0 Å². The average Bonchev–Trinajstić information content (AvgIpc) is 3.61. The normalized spacial score (nSPS) is 15.2. The predicted octanol–water partition coefficient (Wildman–Crippen LogP) is 4.65. The van der Waals surface area contributed by atoms with E-state index in [4.69, 9.17) is 16.0 Å². The van der Waals surface area contributed by atoms with Gasteiger partial charge in [0.15, 0.2) is 5.82 Å². The van der Waals surface area contributed by atoms with Crippen LogP contribution in [0.4, 0.5) is 5.69 Å². The molecule has 0 unspecified atom stereocenters. The molecule has 1 saturated heterocycles. The molecule has 9 nitrogen and oxygen atoms in total. The Morgan fingerprint density at radius 2 is 1.79 bits per heavy atom. The fourth-order valence-corrected chi connectivity index (χ4v) is 5.58. The Morgan fingerprint density at radius 3 is 2.56 bits per heavy atom. The highest BCUT2D eigenvalue weighted by molar-refractivity contribution is 6.30. The van der Waals surface area contributed by atoms with Crippen LogP contribution in [0.5, 0.6) is 0 Å². The number of pyridine rings is 1. The zero-order valence-electron chi connectivity index (χ0n) is 22.2. The Balaban J connectivity index is 1.40. The second-order valence-corrected chi connectivity index (χ2v) is 10.6. The van der Waals surface area contributed by atoms with Crippen molar-refractivity contribution in [3.05, 3.63) is 104 Å². The van der Waals surface area contributed by atoms with Crippen LogP contribution in [0, 0.1) is 20.8 Å². The van der Waals surface area contributed by atoms with Gasteiger partial charge in [0.2, 0.25) is 0 Å². The Hall–Kier alpha value is -3.95. The van der Waals surface area contributed by atoms with E-state index in [1.807, 2.05) is 49.4 Å². The highest BCUT2D eigenvalue weighted by Crippen LogP contribution is 2.31. The van der Waals surface area contributed by atoms with Crippen molar-refractivity contribution in [2.24, 2.45) is 0 Å². The molecule has 2 aromatic carbocycles. The molecule has 3 aromatic heterocycles. The van der Waals surface area contributed by atoms with Gasteiger partial charge in [-0.25, -0.2) is 4.68 Å². The van der Waals surface area contributed by atoms with E-state index >= 15 is 0 Å². The number of aromatic nitrogens is 5. The summed E-state index contributed by atoms with van der Waals surface area (Å²) in [5.41, 5.74) is 5.92. The van der Waals surface area contributed by atoms with Crippen molar-refractivity contribution < 1.29 is 4.42 Å². The van der Waals surface area contributed by atoms with E-state index in [-0.39, 0.29) is 5.56 Å². The number of benzene rings is 2. The third-order valence-corrected chi connectivity index (χ3v) is 7.90. The zero-order valence-corrected chi connectivity index (χ0v) is 22.9. The second kappa shape index (κ2) is 10.3. The van der Waals surface area contributed by atoms with Crippen molar-refractivity contribution >= 4 is 28.2 Å². The summed E-state index contributed by atoms with van der Waals surface area (Å²) in [5.74, 6) is 1.34. The van der Waals surface area contributed by atoms with Crippen molar-refractivity contribution in [2.75, 3.05) is 31.1 Å². The maximum atomic E-state index is 13.6. The van der Waals surface area contributed by atoms with Gasteiger partial charge in [0, 0.05) is 48.0 Å². The van der Waals surface area contributed by atoms with E-state index in [0.717, 1.165) is 46.0 Å². The van der Waals surface area contributed by atoms with Crippen LogP contribution >= 0.6 is 11.6 Å². The summed E-state index contributed by atoms with van der Waals surface area (Å²) in [5, 5.41) is 14.4. The van der Waals surface area contributed by atoms with Gasteiger partial charge in [0.1, 0.15) is 18.3 Å². The van der Waals surface area contributed by atoms with Crippen LogP contribution in [0.15, 0.2) is 64.0 Å². The van der Waals surface area contributed by atoms with Gasteiger partial charge < -0.3 is 14.3 Å². The molecule has 4 heterocycles. The number of nitrogens with one attached hydrogen (secondary N) is 1. The Labute approximate surface area is 231 Å². The highest BCUT2D eigenvalue weighted by atomic mass is 35.5. The quantitative estimate of drug-likeness (QED) is 0.333. The average molecular weight is 544 g/mol. The first-order valence-corrected chi connectivity index (χ1v) is 13.4. The number of H-pyrrole nitrogens is 1. The first-order valence-electron chi connectivity index (χ1n) is 13.0. The number of fused-ring (bicyclic) bond motifs is 1.